The predicted octanol–water partition coefficient (Wildman–Crippen LogP) is 3.74. The Labute approximate surface area is 214 Å². The van der Waals surface area contributed by atoms with Crippen LogP contribution in [0.15, 0.2) is 0 Å². The fraction of sp³-hybridized carbons (Fsp3) is 0.846. The maximum atomic E-state index is 12.6. The highest BCUT2D eigenvalue weighted by Crippen LogP contribution is 2.29. The van der Waals surface area contributed by atoms with Crippen LogP contribution in [0.4, 0.5) is 0 Å². The minimum absolute atomic E-state index is 0.105. The predicted molar refractivity (Wildman–Crippen MR) is 130 cm³/mol. The highest BCUT2D eigenvalue weighted by atomic mass is 16.7. The van der Waals surface area contributed by atoms with Crippen LogP contribution in [0.5, 0.6) is 0 Å². The number of hydrogen-bond acceptors (Lipinski definition) is 10. The van der Waals surface area contributed by atoms with Gasteiger partial charge in [0.25, 0.3) is 0 Å². The Morgan fingerprint density at radius 3 is 1.44 bits per heavy atom. The minimum atomic E-state index is -1.68. The molecule has 0 aliphatic carbocycles. The summed E-state index contributed by atoms with van der Waals surface area (Å²) in [6, 6.07) is 0. The van der Waals surface area contributed by atoms with Crippen LogP contribution in [0.2, 0.25) is 0 Å². The smallest absolute Gasteiger partial charge is 0.306 e. The van der Waals surface area contributed by atoms with E-state index in [1.165, 1.54) is 0 Å². The lowest BCUT2D eigenvalue weighted by Crippen LogP contribution is -2.62. The van der Waals surface area contributed by atoms with Gasteiger partial charge >= 0.3 is 23.9 Å². The minimum Gasteiger partial charge on any atom is -0.463 e. The number of aliphatic hydroxyl groups is 1. The largest absolute Gasteiger partial charge is 0.463 e. The Bertz CT molecular complexity index is 680. The highest BCUT2D eigenvalue weighted by molar-refractivity contribution is 5.72. The van der Waals surface area contributed by atoms with Crippen LogP contribution in [-0.2, 0) is 42.9 Å². The van der Waals surface area contributed by atoms with Crippen molar-refractivity contribution in [2.75, 3.05) is 6.61 Å². The Balaban J connectivity index is 3.19. The van der Waals surface area contributed by atoms with Crippen LogP contribution < -0.4 is 0 Å². The number of hydrogen-bond donors (Lipinski definition) is 1. The maximum absolute atomic E-state index is 12.6. The molecule has 1 saturated heterocycles. The lowest BCUT2D eigenvalue weighted by molar-refractivity contribution is -0.297. The summed E-state index contributed by atoms with van der Waals surface area (Å²) in [5, 5.41) is 10.7. The van der Waals surface area contributed by atoms with Crippen molar-refractivity contribution < 1.29 is 48.0 Å². The van der Waals surface area contributed by atoms with Crippen molar-refractivity contribution in [2.45, 2.75) is 135 Å². The molecule has 0 aromatic heterocycles. The lowest BCUT2D eigenvalue weighted by atomic mass is 9.98. The second kappa shape index (κ2) is 18.1. The first kappa shape index (κ1) is 31.8. The summed E-state index contributed by atoms with van der Waals surface area (Å²) in [6.45, 7) is 7.38. The molecule has 5 atom stereocenters. The van der Waals surface area contributed by atoms with Crippen molar-refractivity contribution in [1.29, 1.82) is 0 Å². The van der Waals surface area contributed by atoms with Gasteiger partial charge in [-0.1, -0.05) is 53.4 Å². The number of carbonyl (C=O) groups is 4. The number of unbranched alkanes of at least 4 members (excludes halogenated alkanes) is 4. The molecule has 0 bridgehead atoms. The number of carbonyl (C=O) groups excluding carboxylic acids is 4. The van der Waals surface area contributed by atoms with Gasteiger partial charge in [0.1, 0.15) is 12.7 Å². The Morgan fingerprint density at radius 1 is 0.611 bits per heavy atom. The van der Waals surface area contributed by atoms with Crippen molar-refractivity contribution in [2.24, 2.45) is 0 Å². The number of ether oxygens (including phenoxy) is 5. The van der Waals surface area contributed by atoms with Crippen LogP contribution in [0.25, 0.3) is 0 Å². The van der Waals surface area contributed by atoms with E-state index < -0.39 is 54.6 Å². The summed E-state index contributed by atoms with van der Waals surface area (Å²) < 4.78 is 27.6. The molecule has 10 nitrogen and oxygen atoms in total. The van der Waals surface area contributed by atoms with Crippen LogP contribution in [-0.4, -0.2) is 66.3 Å². The molecule has 1 heterocycles. The molecule has 0 aromatic carbocycles. The maximum Gasteiger partial charge on any atom is 0.306 e. The quantitative estimate of drug-likeness (QED) is 0.225. The zero-order valence-electron chi connectivity index (χ0n) is 22.2. The van der Waals surface area contributed by atoms with Gasteiger partial charge in [-0.25, -0.2) is 0 Å². The van der Waals surface area contributed by atoms with Gasteiger partial charge in [0.15, 0.2) is 24.6 Å². The summed E-state index contributed by atoms with van der Waals surface area (Å²) in [7, 11) is 0. The van der Waals surface area contributed by atoms with Gasteiger partial charge in [-0.2, -0.15) is 0 Å². The third-order valence-corrected chi connectivity index (χ3v) is 5.76. The third-order valence-electron chi connectivity index (χ3n) is 5.76. The van der Waals surface area contributed by atoms with Crippen LogP contribution >= 0.6 is 0 Å². The van der Waals surface area contributed by atoms with Crippen molar-refractivity contribution in [3.05, 3.63) is 0 Å². The molecule has 1 aliphatic heterocycles. The summed E-state index contributed by atoms with van der Waals surface area (Å²) in [6.07, 6.45) is -0.750. The molecular formula is C26H44O10. The molecule has 0 radical (unpaired) electrons. The average molecular weight is 517 g/mol. The number of esters is 4. The normalized spacial score (nSPS) is 23.5. The fourth-order valence-corrected chi connectivity index (χ4v) is 3.60. The monoisotopic (exact) mass is 516 g/mol. The van der Waals surface area contributed by atoms with Gasteiger partial charge < -0.3 is 28.8 Å². The van der Waals surface area contributed by atoms with Crippen LogP contribution in [0.1, 0.15) is 105 Å². The molecule has 1 rings (SSSR count). The van der Waals surface area contributed by atoms with E-state index in [1.54, 1.807) is 0 Å². The summed E-state index contributed by atoms with van der Waals surface area (Å²) in [5.74, 6) is -2.20. The van der Waals surface area contributed by atoms with E-state index >= 15 is 0 Å². The first-order valence-electron chi connectivity index (χ1n) is 13.3. The molecule has 1 aliphatic rings. The van der Waals surface area contributed by atoms with Crippen LogP contribution in [0.3, 0.4) is 0 Å². The summed E-state index contributed by atoms with van der Waals surface area (Å²) in [5.41, 5.74) is 0. The third kappa shape index (κ3) is 11.7. The summed E-state index contributed by atoms with van der Waals surface area (Å²) >= 11 is 0. The molecule has 0 amide bonds. The molecule has 36 heavy (non-hydrogen) atoms. The standard InChI is InChI=1S/C26H44O10/c1-5-9-13-19(27)32-17-18-23(34-20(28)14-10-6-2)24(35-21(29)15-11-7-3)25(26(31)33-18)36-22(30)16-12-8-4/h18,23-26,31H,5-17H2,1-4H3. The molecule has 0 saturated carbocycles. The molecule has 0 aromatic rings. The second-order valence-electron chi connectivity index (χ2n) is 9.03. The van der Waals surface area contributed by atoms with Gasteiger partial charge in [-0.3, -0.25) is 19.2 Å². The van der Waals surface area contributed by atoms with Crippen LogP contribution in [0, 0.1) is 0 Å². The van der Waals surface area contributed by atoms with Crippen molar-refractivity contribution in [1.82, 2.24) is 0 Å². The van der Waals surface area contributed by atoms with E-state index in [0.717, 1.165) is 25.7 Å². The topological polar surface area (TPSA) is 135 Å². The van der Waals surface area contributed by atoms with Gasteiger partial charge in [0.2, 0.25) is 0 Å². The van der Waals surface area contributed by atoms with Crippen molar-refractivity contribution in [3.8, 4) is 0 Å². The Kier molecular flexibility index (Phi) is 16.0. The SMILES string of the molecule is CCCCC(=O)OCC1OC(O)C(OC(=O)CCCC)C(OC(=O)CCCC)C1OC(=O)CCCC. The van der Waals surface area contributed by atoms with Gasteiger partial charge in [-0.15, -0.1) is 0 Å². The molecule has 5 unspecified atom stereocenters. The van der Waals surface area contributed by atoms with E-state index in [-0.39, 0.29) is 32.3 Å². The van der Waals surface area contributed by atoms with Gasteiger partial charge in [-0.05, 0) is 25.7 Å². The Hall–Kier alpha value is -2.20. The molecule has 10 heteroatoms. The van der Waals surface area contributed by atoms with E-state index in [9.17, 15) is 24.3 Å². The average Bonchev–Trinajstić information content (AvgIpc) is 2.86. The first-order valence-corrected chi connectivity index (χ1v) is 13.3. The Morgan fingerprint density at radius 2 is 1.00 bits per heavy atom. The van der Waals surface area contributed by atoms with E-state index in [0.29, 0.717) is 25.7 Å². The zero-order valence-corrected chi connectivity index (χ0v) is 22.2. The van der Waals surface area contributed by atoms with E-state index in [1.807, 2.05) is 27.7 Å². The highest BCUT2D eigenvalue weighted by Gasteiger charge is 2.52. The molecular weight excluding hydrogens is 472 g/mol. The first-order chi connectivity index (χ1) is 17.3. The van der Waals surface area contributed by atoms with Crippen molar-refractivity contribution in [3.63, 3.8) is 0 Å². The molecule has 1 fully saturated rings. The fourth-order valence-electron chi connectivity index (χ4n) is 3.60. The van der Waals surface area contributed by atoms with E-state index in [2.05, 4.69) is 0 Å². The van der Waals surface area contributed by atoms with Crippen molar-refractivity contribution >= 4 is 23.9 Å². The zero-order chi connectivity index (χ0) is 26.9. The molecule has 1 N–H and O–H groups in total. The molecule has 0 spiro atoms. The molecule has 208 valence electrons. The number of rotatable bonds is 17. The number of aliphatic hydroxyl groups excluding tert-OH is 1. The van der Waals surface area contributed by atoms with Gasteiger partial charge in [0.05, 0.1) is 0 Å². The second-order valence-corrected chi connectivity index (χ2v) is 9.03. The summed E-state index contributed by atoms with van der Waals surface area (Å²) in [4.78, 5) is 49.6. The van der Waals surface area contributed by atoms with Gasteiger partial charge in [0, 0.05) is 25.7 Å². The lowest BCUT2D eigenvalue weighted by Gasteiger charge is -2.43. The van der Waals surface area contributed by atoms with E-state index in [4.69, 9.17) is 23.7 Å².